The molecule has 10 heavy (non-hydrogen) atoms. The first-order valence-electron chi connectivity index (χ1n) is 3.80. The van der Waals surface area contributed by atoms with Crippen LogP contribution in [0.15, 0.2) is 10.2 Å². The zero-order valence-electron chi connectivity index (χ0n) is 5.79. The zero-order chi connectivity index (χ0) is 6.97. The van der Waals surface area contributed by atoms with Gasteiger partial charge in [0.05, 0.1) is 6.04 Å². The zero-order valence-corrected chi connectivity index (χ0v) is 5.79. The summed E-state index contributed by atoms with van der Waals surface area (Å²) in [5.41, 5.74) is 0. The summed E-state index contributed by atoms with van der Waals surface area (Å²) >= 11 is 0. The molecule has 0 aromatic carbocycles. The van der Waals surface area contributed by atoms with Crippen molar-refractivity contribution in [2.75, 3.05) is 0 Å². The summed E-state index contributed by atoms with van der Waals surface area (Å²) in [6.07, 6.45) is 4.13. The van der Waals surface area contributed by atoms with E-state index in [9.17, 15) is 4.79 Å². The highest BCUT2D eigenvalue weighted by atomic mass is 16.1. The molecule has 54 valence electrons. The Labute approximate surface area is 59.5 Å². The molecule has 0 aromatic rings. The van der Waals surface area contributed by atoms with Crippen molar-refractivity contribution in [1.29, 1.82) is 0 Å². The predicted molar refractivity (Wildman–Crippen MR) is 35.6 cm³/mol. The van der Waals surface area contributed by atoms with Crippen molar-refractivity contribution in [3.05, 3.63) is 0 Å². The molecule has 1 amide bonds. The Morgan fingerprint density at radius 3 is 2.60 bits per heavy atom. The van der Waals surface area contributed by atoms with Crippen molar-refractivity contribution < 1.29 is 4.79 Å². The standard InChI is InChI=1S/C7H10N2O/c10-7-4-3-6(8-9-7)5-1-2-5/h5-6H,1-4H2. The van der Waals surface area contributed by atoms with Gasteiger partial charge in [0.25, 0.3) is 5.91 Å². The summed E-state index contributed by atoms with van der Waals surface area (Å²) in [5.74, 6) is 0.716. The van der Waals surface area contributed by atoms with Crippen LogP contribution in [-0.2, 0) is 4.79 Å². The predicted octanol–water partition coefficient (Wildman–Crippen LogP) is 1.54. The Morgan fingerprint density at radius 2 is 2.10 bits per heavy atom. The van der Waals surface area contributed by atoms with Crippen molar-refractivity contribution in [2.24, 2.45) is 16.1 Å². The smallest absolute Gasteiger partial charge is 0.264 e. The lowest BCUT2D eigenvalue weighted by Crippen LogP contribution is -2.13. The molecule has 0 bridgehead atoms. The Balaban J connectivity index is 1.99. The SMILES string of the molecule is O=C1CCC(C2CC2)N=N1. The highest BCUT2D eigenvalue weighted by Crippen LogP contribution is 2.37. The van der Waals surface area contributed by atoms with Crippen LogP contribution in [0.5, 0.6) is 0 Å². The minimum absolute atomic E-state index is 0.0445. The van der Waals surface area contributed by atoms with E-state index >= 15 is 0 Å². The van der Waals surface area contributed by atoms with E-state index in [-0.39, 0.29) is 5.91 Å². The fraction of sp³-hybridized carbons (Fsp3) is 0.857. The molecule has 0 saturated heterocycles. The maximum Gasteiger partial charge on any atom is 0.264 e. The van der Waals surface area contributed by atoms with Crippen LogP contribution < -0.4 is 0 Å². The molecule has 3 heteroatoms. The third-order valence-corrected chi connectivity index (χ3v) is 2.14. The first-order valence-corrected chi connectivity index (χ1v) is 3.80. The van der Waals surface area contributed by atoms with Crippen LogP contribution in [-0.4, -0.2) is 11.9 Å². The molecule has 0 radical (unpaired) electrons. The molecule has 1 saturated carbocycles. The van der Waals surface area contributed by atoms with E-state index in [0.29, 0.717) is 12.5 Å². The van der Waals surface area contributed by atoms with Gasteiger partial charge in [-0.2, -0.15) is 5.11 Å². The number of nitrogens with zero attached hydrogens (tertiary/aromatic N) is 2. The van der Waals surface area contributed by atoms with Crippen molar-refractivity contribution in [3.63, 3.8) is 0 Å². The normalized spacial score (nSPS) is 32.8. The van der Waals surface area contributed by atoms with Gasteiger partial charge in [-0.3, -0.25) is 4.79 Å². The van der Waals surface area contributed by atoms with E-state index in [1.807, 2.05) is 0 Å². The van der Waals surface area contributed by atoms with Crippen LogP contribution in [0.4, 0.5) is 0 Å². The highest BCUT2D eigenvalue weighted by molar-refractivity contribution is 5.76. The van der Waals surface area contributed by atoms with Crippen LogP contribution in [0, 0.1) is 5.92 Å². The van der Waals surface area contributed by atoms with Gasteiger partial charge in [-0.1, -0.05) is 0 Å². The second-order valence-electron chi connectivity index (χ2n) is 3.05. The highest BCUT2D eigenvalue weighted by Gasteiger charge is 2.33. The Morgan fingerprint density at radius 1 is 1.30 bits per heavy atom. The number of carbonyl (C=O) groups is 1. The minimum atomic E-state index is -0.0445. The molecule has 0 spiro atoms. The Kier molecular flexibility index (Phi) is 1.29. The van der Waals surface area contributed by atoms with Crippen LogP contribution in [0.25, 0.3) is 0 Å². The van der Waals surface area contributed by atoms with E-state index in [1.54, 1.807) is 0 Å². The lowest BCUT2D eigenvalue weighted by atomic mass is 10.1. The molecule has 1 atom stereocenters. The average molecular weight is 138 g/mol. The van der Waals surface area contributed by atoms with Gasteiger partial charge in [-0.05, 0) is 25.2 Å². The van der Waals surface area contributed by atoms with E-state index in [0.717, 1.165) is 12.3 Å². The third-order valence-electron chi connectivity index (χ3n) is 2.14. The molecular weight excluding hydrogens is 128 g/mol. The maximum atomic E-state index is 10.6. The largest absolute Gasteiger partial charge is 0.271 e. The second kappa shape index (κ2) is 2.15. The molecule has 1 unspecified atom stereocenters. The van der Waals surface area contributed by atoms with Gasteiger partial charge in [-0.25, -0.2) is 0 Å². The molecule has 1 aliphatic carbocycles. The van der Waals surface area contributed by atoms with E-state index in [2.05, 4.69) is 10.2 Å². The summed E-state index contributed by atoms with van der Waals surface area (Å²) in [7, 11) is 0. The molecular formula is C7H10N2O. The van der Waals surface area contributed by atoms with E-state index in [4.69, 9.17) is 0 Å². The molecule has 1 heterocycles. The van der Waals surface area contributed by atoms with Crippen LogP contribution in [0.2, 0.25) is 0 Å². The topological polar surface area (TPSA) is 41.8 Å². The number of azo groups is 1. The van der Waals surface area contributed by atoms with Crippen molar-refractivity contribution in [3.8, 4) is 0 Å². The van der Waals surface area contributed by atoms with Gasteiger partial charge in [0.2, 0.25) is 0 Å². The number of carbonyl (C=O) groups excluding carboxylic acids is 1. The minimum Gasteiger partial charge on any atom is -0.271 e. The molecule has 2 aliphatic rings. The summed E-state index contributed by atoms with van der Waals surface area (Å²) in [5, 5.41) is 7.51. The Bertz CT molecular complexity index is 184. The molecule has 0 aromatic heterocycles. The fourth-order valence-electron chi connectivity index (χ4n) is 1.33. The average Bonchev–Trinajstić information content (AvgIpc) is 2.71. The summed E-state index contributed by atoms with van der Waals surface area (Å²) < 4.78 is 0. The number of hydrogen-bond acceptors (Lipinski definition) is 2. The van der Waals surface area contributed by atoms with Crippen molar-refractivity contribution in [1.82, 2.24) is 0 Å². The van der Waals surface area contributed by atoms with Gasteiger partial charge in [0.15, 0.2) is 0 Å². The summed E-state index contributed by atoms with van der Waals surface area (Å²) in [6, 6.07) is 0.387. The molecule has 1 aliphatic heterocycles. The number of amides is 1. The second-order valence-corrected chi connectivity index (χ2v) is 3.05. The van der Waals surface area contributed by atoms with Gasteiger partial charge in [0.1, 0.15) is 0 Å². The third kappa shape index (κ3) is 1.08. The van der Waals surface area contributed by atoms with Crippen LogP contribution in [0.1, 0.15) is 25.7 Å². The van der Waals surface area contributed by atoms with Gasteiger partial charge >= 0.3 is 0 Å². The van der Waals surface area contributed by atoms with Gasteiger partial charge < -0.3 is 0 Å². The summed E-state index contributed by atoms with van der Waals surface area (Å²) in [4.78, 5) is 10.6. The molecule has 3 nitrogen and oxygen atoms in total. The number of rotatable bonds is 1. The first-order chi connectivity index (χ1) is 4.86. The first kappa shape index (κ1) is 6.01. The molecule has 2 rings (SSSR count). The van der Waals surface area contributed by atoms with Gasteiger partial charge in [-0.15, -0.1) is 5.11 Å². The Hall–Kier alpha value is -0.730. The molecule has 0 N–H and O–H groups in total. The van der Waals surface area contributed by atoms with Gasteiger partial charge in [0, 0.05) is 6.42 Å². The van der Waals surface area contributed by atoms with Crippen LogP contribution >= 0.6 is 0 Å². The monoisotopic (exact) mass is 138 g/mol. The summed E-state index contributed by atoms with van der Waals surface area (Å²) in [6.45, 7) is 0. The van der Waals surface area contributed by atoms with Crippen molar-refractivity contribution >= 4 is 5.91 Å². The maximum absolute atomic E-state index is 10.6. The lowest BCUT2D eigenvalue weighted by Gasteiger charge is -2.11. The molecule has 1 fully saturated rings. The fourth-order valence-corrected chi connectivity index (χ4v) is 1.33. The lowest BCUT2D eigenvalue weighted by molar-refractivity contribution is -0.119. The van der Waals surface area contributed by atoms with E-state index < -0.39 is 0 Å². The van der Waals surface area contributed by atoms with E-state index in [1.165, 1.54) is 12.8 Å². The quantitative estimate of drug-likeness (QED) is 0.541. The van der Waals surface area contributed by atoms with Crippen LogP contribution in [0.3, 0.4) is 0 Å². The van der Waals surface area contributed by atoms with Crippen molar-refractivity contribution in [2.45, 2.75) is 31.7 Å². The number of hydrogen-bond donors (Lipinski definition) is 0.